The van der Waals surface area contributed by atoms with Crippen LogP contribution in [0.4, 0.5) is 0 Å². The van der Waals surface area contributed by atoms with Crippen molar-refractivity contribution >= 4 is 23.1 Å². The van der Waals surface area contributed by atoms with E-state index in [2.05, 4.69) is 18.9 Å². The fourth-order valence-corrected chi connectivity index (χ4v) is 4.51. The molecule has 1 heterocycles. The van der Waals surface area contributed by atoms with E-state index in [0.717, 1.165) is 22.4 Å². The number of fused-ring (bicyclic) bond motifs is 1. The van der Waals surface area contributed by atoms with Crippen molar-refractivity contribution in [3.05, 3.63) is 81.6 Å². The number of carbonyl (C=O) groups excluding carboxylic acids is 1. The molecule has 1 aromatic heterocycles. The Kier molecular flexibility index (Phi) is 9.07. The lowest BCUT2D eigenvalue weighted by Crippen LogP contribution is -2.25. The summed E-state index contributed by atoms with van der Waals surface area (Å²) in [5.74, 6) is 1.52. The molecule has 0 aliphatic carbocycles. The fraction of sp³-hybridized carbons (Fsp3) is 0.312. The molecule has 9 heteroatoms. The van der Waals surface area contributed by atoms with Crippen LogP contribution in [0.2, 0.25) is 0 Å². The van der Waals surface area contributed by atoms with Gasteiger partial charge < -0.3 is 18.9 Å². The van der Waals surface area contributed by atoms with Gasteiger partial charge in [0.05, 0.1) is 37.9 Å². The van der Waals surface area contributed by atoms with Crippen molar-refractivity contribution in [2.24, 2.45) is 5.10 Å². The summed E-state index contributed by atoms with van der Waals surface area (Å²) in [6.45, 7) is 10.2. The van der Waals surface area contributed by atoms with Gasteiger partial charge in [-0.05, 0) is 74.2 Å². The first-order valence-corrected chi connectivity index (χ1v) is 13.4. The summed E-state index contributed by atoms with van der Waals surface area (Å²) in [6, 6.07) is 16.4. The van der Waals surface area contributed by atoms with Crippen LogP contribution in [0.25, 0.3) is 22.3 Å². The van der Waals surface area contributed by atoms with E-state index in [0.29, 0.717) is 40.4 Å². The molecule has 41 heavy (non-hydrogen) atoms. The van der Waals surface area contributed by atoms with Crippen molar-refractivity contribution in [2.75, 3.05) is 20.8 Å². The summed E-state index contributed by atoms with van der Waals surface area (Å²) >= 11 is 0. The maximum atomic E-state index is 13.8. The van der Waals surface area contributed by atoms with Gasteiger partial charge in [0, 0.05) is 11.1 Å². The molecule has 3 aromatic carbocycles. The van der Waals surface area contributed by atoms with E-state index in [1.54, 1.807) is 37.3 Å². The number of nitrogens with zero attached hydrogens (tertiary/aromatic N) is 3. The Morgan fingerprint density at radius 2 is 1.80 bits per heavy atom. The van der Waals surface area contributed by atoms with Gasteiger partial charge in [-0.1, -0.05) is 32.0 Å². The minimum Gasteiger partial charge on any atom is -0.494 e. The highest BCUT2D eigenvalue weighted by atomic mass is 16.6. The molecule has 0 radical (unpaired) electrons. The summed E-state index contributed by atoms with van der Waals surface area (Å²) in [4.78, 5) is 30.8. The zero-order chi connectivity index (χ0) is 29.7. The zero-order valence-electron chi connectivity index (χ0n) is 24.4. The Balaban J connectivity index is 1.94. The van der Waals surface area contributed by atoms with Crippen molar-refractivity contribution in [1.29, 1.82) is 0 Å². The second kappa shape index (κ2) is 12.7. The zero-order valence-corrected chi connectivity index (χ0v) is 24.4. The average Bonchev–Trinajstić information content (AvgIpc) is 2.96. The Morgan fingerprint density at radius 3 is 2.49 bits per heavy atom. The van der Waals surface area contributed by atoms with Crippen LogP contribution in [0.3, 0.4) is 0 Å². The second-order valence-corrected chi connectivity index (χ2v) is 9.77. The van der Waals surface area contributed by atoms with Crippen LogP contribution in [0.5, 0.6) is 17.2 Å². The van der Waals surface area contributed by atoms with Crippen molar-refractivity contribution in [1.82, 2.24) is 9.66 Å². The molecular weight excluding hydrogens is 522 g/mol. The smallest absolute Gasteiger partial charge is 0.346 e. The van der Waals surface area contributed by atoms with Crippen LogP contribution in [0, 0.1) is 6.92 Å². The third kappa shape index (κ3) is 6.09. The van der Waals surface area contributed by atoms with Crippen LogP contribution < -0.4 is 19.8 Å². The lowest BCUT2D eigenvalue weighted by molar-refractivity contribution is -0.147. The van der Waals surface area contributed by atoms with Gasteiger partial charge in [0.15, 0.2) is 23.4 Å². The van der Waals surface area contributed by atoms with Crippen LogP contribution >= 0.6 is 0 Å². The predicted molar refractivity (Wildman–Crippen MR) is 160 cm³/mol. The molecule has 9 nitrogen and oxygen atoms in total. The van der Waals surface area contributed by atoms with E-state index in [4.69, 9.17) is 23.9 Å². The van der Waals surface area contributed by atoms with Gasteiger partial charge in [0.25, 0.3) is 5.56 Å². The average molecular weight is 558 g/mol. The first-order valence-electron chi connectivity index (χ1n) is 13.4. The van der Waals surface area contributed by atoms with Gasteiger partial charge in [-0.15, -0.1) is 0 Å². The van der Waals surface area contributed by atoms with Gasteiger partial charge in [0.1, 0.15) is 5.75 Å². The summed E-state index contributed by atoms with van der Waals surface area (Å²) in [7, 11) is 2.80. The number of carbonyl (C=O) groups is 1. The van der Waals surface area contributed by atoms with Crippen LogP contribution in [-0.4, -0.2) is 48.8 Å². The van der Waals surface area contributed by atoms with E-state index in [1.807, 2.05) is 38.1 Å². The molecule has 0 saturated carbocycles. The number of aromatic nitrogens is 2. The van der Waals surface area contributed by atoms with E-state index in [9.17, 15) is 9.59 Å². The number of methoxy groups -OCH3 is 2. The summed E-state index contributed by atoms with van der Waals surface area (Å²) in [5.41, 5.74) is 3.40. The number of aryl methyl sites for hydroxylation is 1. The largest absolute Gasteiger partial charge is 0.494 e. The van der Waals surface area contributed by atoms with Crippen LogP contribution in [0.1, 0.15) is 50.3 Å². The minimum atomic E-state index is -0.898. The highest BCUT2D eigenvalue weighted by molar-refractivity contribution is 5.86. The van der Waals surface area contributed by atoms with Crippen molar-refractivity contribution in [3.63, 3.8) is 0 Å². The summed E-state index contributed by atoms with van der Waals surface area (Å²) in [6.07, 6.45) is 0.598. The Hall–Kier alpha value is -4.66. The van der Waals surface area contributed by atoms with Gasteiger partial charge in [-0.25, -0.2) is 9.78 Å². The molecule has 0 aliphatic heterocycles. The molecule has 0 fully saturated rings. The monoisotopic (exact) mass is 557 g/mol. The molecule has 4 aromatic rings. The quantitative estimate of drug-likeness (QED) is 0.181. The number of esters is 1. The van der Waals surface area contributed by atoms with Gasteiger partial charge in [-0.2, -0.15) is 9.78 Å². The molecule has 0 saturated heterocycles. The maximum absolute atomic E-state index is 13.8. The van der Waals surface area contributed by atoms with E-state index < -0.39 is 12.1 Å². The summed E-state index contributed by atoms with van der Waals surface area (Å²) in [5, 5.41) is 5.05. The van der Waals surface area contributed by atoms with Crippen molar-refractivity contribution < 1.29 is 23.7 Å². The normalized spacial score (nSPS) is 12.1. The molecule has 1 atom stereocenters. The molecular formula is C32H35N3O6. The van der Waals surface area contributed by atoms with E-state index >= 15 is 0 Å². The molecule has 0 N–H and O–H groups in total. The topological polar surface area (TPSA) is 101 Å². The second-order valence-electron chi connectivity index (χ2n) is 9.77. The molecule has 0 amide bonds. The van der Waals surface area contributed by atoms with Gasteiger partial charge in [-0.3, -0.25) is 4.79 Å². The third-order valence-electron chi connectivity index (χ3n) is 6.64. The first-order chi connectivity index (χ1) is 19.7. The lowest BCUT2D eigenvalue weighted by atomic mass is 9.96. The van der Waals surface area contributed by atoms with Crippen molar-refractivity contribution in [3.8, 4) is 28.6 Å². The lowest BCUT2D eigenvalue weighted by Gasteiger charge is -2.18. The van der Waals surface area contributed by atoms with Crippen molar-refractivity contribution in [2.45, 2.75) is 46.6 Å². The number of hydrogen-bond acceptors (Lipinski definition) is 8. The number of para-hydroxylation sites is 2. The molecule has 214 valence electrons. The SMILES string of the molecule is CCOc1cc(C)c(-c2nc3ccccc3c(=O)n2N=Cc2cccc(OC)c2O[C@H](C)C(=O)OC)cc1C(C)C. The molecule has 0 aliphatic rings. The maximum Gasteiger partial charge on any atom is 0.346 e. The van der Waals surface area contributed by atoms with Gasteiger partial charge >= 0.3 is 5.97 Å². The first kappa shape index (κ1) is 29.3. The fourth-order valence-electron chi connectivity index (χ4n) is 4.51. The Bertz CT molecular complexity index is 1660. The summed E-state index contributed by atoms with van der Waals surface area (Å²) < 4.78 is 23.4. The van der Waals surface area contributed by atoms with Crippen LogP contribution in [0.15, 0.2) is 64.5 Å². The predicted octanol–water partition coefficient (Wildman–Crippen LogP) is 5.73. The molecule has 0 unspecified atom stereocenters. The Morgan fingerprint density at radius 1 is 1.05 bits per heavy atom. The molecule has 0 bridgehead atoms. The Labute approximate surface area is 239 Å². The minimum absolute atomic E-state index is 0.174. The van der Waals surface area contributed by atoms with Crippen LogP contribution in [-0.2, 0) is 9.53 Å². The van der Waals surface area contributed by atoms with E-state index in [-0.39, 0.29) is 11.5 Å². The highest BCUT2D eigenvalue weighted by Crippen LogP contribution is 2.35. The number of rotatable bonds is 10. The highest BCUT2D eigenvalue weighted by Gasteiger charge is 2.21. The van der Waals surface area contributed by atoms with Gasteiger partial charge in [0.2, 0.25) is 0 Å². The third-order valence-corrected chi connectivity index (χ3v) is 6.64. The number of hydrogen-bond donors (Lipinski definition) is 0. The van der Waals surface area contributed by atoms with E-state index in [1.165, 1.54) is 25.1 Å². The standard InChI is InChI=1S/C32H35N3O6/c1-8-40-28-16-20(4)25(17-24(28)19(2)3)30-34-26-14-10-9-13-23(26)31(36)35(30)33-18-22-12-11-15-27(38-6)29(22)41-21(5)32(37)39-7/h9-19,21H,8H2,1-7H3/t21-/m1/s1. The number of ether oxygens (including phenoxy) is 4. The molecule has 4 rings (SSSR count). The molecule has 0 spiro atoms. The number of benzene rings is 3.